The van der Waals surface area contributed by atoms with Crippen molar-refractivity contribution >= 4 is 27.2 Å². The van der Waals surface area contributed by atoms with Gasteiger partial charge in [-0.1, -0.05) is 6.92 Å². The van der Waals surface area contributed by atoms with Crippen LogP contribution in [0.2, 0.25) is 0 Å². The van der Waals surface area contributed by atoms with Gasteiger partial charge in [-0.2, -0.15) is 0 Å². The molecule has 2 heterocycles. The van der Waals surface area contributed by atoms with Crippen LogP contribution in [-0.4, -0.2) is 42.6 Å². The van der Waals surface area contributed by atoms with Crippen molar-refractivity contribution in [1.82, 2.24) is 9.88 Å². The fourth-order valence-electron chi connectivity index (χ4n) is 3.11. The number of anilines is 1. The predicted octanol–water partition coefficient (Wildman–Crippen LogP) is 2.90. The number of aromatic nitrogens is 1. The van der Waals surface area contributed by atoms with Crippen molar-refractivity contribution in [2.24, 2.45) is 0 Å². The third kappa shape index (κ3) is 2.82. The second-order valence-corrected chi connectivity index (χ2v) is 7.00. The normalized spacial score (nSPS) is 16.3. The number of piperazine rings is 1. The highest BCUT2D eigenvalue weighted by Gasteiger charge is 2.16. The molecular formula is C18H19N3OS. The Kier molecular flexibility index (Phi) is 3.75. The van der Waals surface area contributed by atoms with Gasteiger partial charge >= 0.3 is 0 Å². The first-order chi connectivity index (χ1) is 11.2. The summed E-state index contributed by atoms with van der Waals surface area (Å²) in [4.78, 5) is 22.1. The van der Waals surface area contributed by atoms with Gasteiger partial charge in [-0.25, -0.2) is 4.98 Å². The summed E-state index contributed by atoms with van der Waals surface area (Å²) in [6.45, 7) is 7.71. The summed E-state index contributed by atoms with van der Waals surface area (Å²) in [5.41, 5.74) is 3.19. The van der Waals surface area contributed by atoms with Crippen LogP contribution in [0.4, 0.5) is 5.69 Å². The Morgan fingerprint density at radius 1 is 1.09 bits per heavy atom. The molecule has 1 aromatic carbocycles. The number of likely N-dealkylation sites (N-methyl/N-ethyl adjacent to an activating group) is 1. The Balaban J connectivity index is 1.71. The van der Waals surface area contributed by atoms with Gasteiger partial charge in [-0.15, -0.1) is 11.3 Å². The molecule has 0 aromatic heterocycles. The Bertz CT molecular complexity index is 868. The highest BCUT2D eigenvalue weighted by Crippen LogP contribution is 2.32. The highest BCUT2D eigenvalue weighted by molar-refractivity contribution is 7.21. The first-order valence-corrected chi connectivity index (χ1v) is 8.86. The summed E-state index contributed by atoms with van der Waals surface area (Å²) in [5.74, 6) is 0. The molecule has 2 aliphatic heterocycles. The van der Waals surface area contributed by atoms with E-state index in [0.717, 1.165) is 53.5 Å². The molecule has 1 saturated heterocycles. The van der Waals surface area contributed by atoms with Crippen LogP contribution in [0.1, 0.15) is 6.92 Å². The van der Waals surface area contributed by atoms with Crippen LogP contribution >= 0.6 is 11.3 Å². The van der Waals surface area contributed by atoms with Crippen molar-refractivity contribution in [1.29, 1.82) is 0 Å². The average Bonchev–Trinajstić information content (AvgIpc) is 2.59. The van der Waals surface area contributed by atoms with Crippen molar-refractivity contribution in [2.75, 3.05) is 37.6 Å². The molecule has 4 rings (SSSR count). The summed E-state index contributed by atoms with van der Waals surface area (Å²) in [7, 11) is 0. The topological polar surface area (TPSA) is 36.4 Å². The Hall–Kier alpha value is -1.98. The van der Waals surface area contributed by atoms with Gasteiger partial charge in [-0.3, -0.25) is 4.79 Å². The minimum Gasteiger partial charge on any atom is -0.369 e. The molecule has 0 radical (unpaired) electrons. The van der Waals surface area contributed by atoms with Crippen molar-refractivity contribution in [2.45, 2.75) is 6.92 Å². The fraction of sp³-hybridized carbons (Fsp3) is 0.333. The second-order valence-electron chi connectivity index (χ2n) is 5.92. The van der Waals surface area contributed by atoms with Crippen LogP contribution in [0.15, 0.2) is 41.2 Å². The van der Waals surface area contributed by atoms with Crippen LogP contribution in [0, 0.1) is 0 Å². The van der Waals surface area contributed by atoms with E-state index in [4.69, 9.17) is 0 Å². The largest absolute Gasteiger partial charge is 0.369 e. The van der Waals surface area contributed by atoms with E-state index >= 15 is 0 Å². The molecule has 0 N–H and O–H groups in total. The molecule has 0 unspecified atom stereocenters. The highest BCUT2D eigenvalue weighted by atomic mass is 32.1. The molecule has 1 aromatic rings. The number of rotatable bonds is 2. The molecular weight excluding hydrogens is 306 g/mol. The first kappa shape index (κ1) is 14.6. The lowest BCUT2D eigenvalue weighted by Crippen LogP contribution is -2.46. The zero-order valence-electron chi connectivity index (χ0n) is 13.2. The van der Waals surface area contributed by atoms with E-state index in [9.17, 15) is 4.79 Å². The Labute approximate surface area is 139 Å². The van der Waals surface area contributed by atoms with Gasteiger partial charge in [0.05, 0.1) is 20.8 Å². The lowest BCUT2D eigenvalue weighted by Gasteiger charge is -2.35. The number of fused-ring (bicyclic) bond motifs is 2. The summed E-state index contributed by atoms with van der Waals surface area (Å²) < 4.78 is 1.14. The van der Waals surface area contributed by atoms with Crippen LogP contribution in [-0.2, 0) is 0 Å². The number of benzene rings is 2. The zero-order valence-corrected chi connectivity index (χ0v) is 14.0. The van der Waals surface area contributed by atoms with E-state index in [1.807, 2.05) is 6.07 Å². The monoisotopic (exact) mass is 325 g/mol. The maximum absolute atomic E-state index is 11.6. The molecule has 1 fully saturated rings. The van der Waals surface area contributed by atoms with E-state index in [2.05, 4.69) is 39.9 Å². The number of hydrogen-bond donors (Lipinski definition) is 0. The van der Waals surface area contributed by atoms with Crippen LogP contribution in [0.3, 0.4) is 0 Å². The SMILES string of the molecule is CCN1CCN(c2ccc3nc4ccc(=O)cc-4sc3c2)CC1. The molecule has 0 bridgehead atoms. The van der Waals surface area contributed by atoms with E-state index < -0.39 is 0 Å². The standard InChI is InChI=1S/C18H19N3OS/c1-2-20-7-9-21(10-8-20)13-3-5-15-17(11-13)23-18-12-14(22)4-6-16(18)19-15/h3-6,11-12H,2,7-10H2,1H3. The van der Waals surface area contributed by atoms with Gasteiger partial charge in [-0.05, 0) is 36.9 Å². The summed E-state index contributed by atoms with van der Waals surface area (Å²) in [5, 5.41) is 0. The lowest BCUT2D eigenvalue weighted by atomic mass is 10.2. The van der Waals surface area contributed by atoms with Crippen LogP contribution in [0.25, 0.3) is 20.8 Å². The molecule has 0 spiro atoms. The average molecular weight is 325 g/mol. The molecule has 0 saturated carbocycles. The summed E-state index contributed by atoms with van der Waals surface area (Å²) in [6, 6.07) is 11.5. The van der Waals surface area contributed by atoms with E-state index in [1.54, 1.807) is 23.5 Å². The maximum Gasteiger partial charge on any atom is 0.180 e. The van der Waals surface area contributed by atoms with Crippen LogP contribution in [0.5, 0.6) is 0 Å². The predicted molar refractivity (Wildman–Crippen MR) is 96.8 cm³/mol. The molecule has 118 valence electrons. The third-order valence-electron chi connectivity index (χ3n) is 4.52. The van der Waals surface area contributed by atoms with Gasteiger partial charge in [0, 0.05) is 37.9 Å². The Morgan fingerprint density at radius 2 is 1.91 bits per heavy atom. The second kappa shape index (κ2) is 5.91. The van der Waals surface area contributed by atoms with Gasteiger partial charge < -0.3 is 9.80 Å². The van der Waals surface area contributed by atoms with Crippen LogP contribution < -0.4 is 10.3 Å². The molecule has 3 aliphatic rings. The van der Waals surface area contributed by atoms with Gasteiger partial charge in [0.1, 0.15) is 0 Å². The number of hydrogen-bond acceptors (Lipinski definition) is 5. The van der Waals surface area contributed by atoms with Gasteiger partial charge in [0.25, 0.3) is 0 Å². The maximum atomic E-state index is 11.6. The van der Waals surface area contributed by atoms with Gasteiger partial charge in [0.2, 0.25) is 0 Å². The lowest BCUT2D eigenvalue weighted by molar-refractivity contribution is 0.271. The molecule has 4 nitrogen and oxygen atoms in total. The quantitative estimate of drug-likeness (QED) is 0.679. The van der Waals surface area contributed by atoms with E-state index in [1.165, 1.54) is 5.69 Å². The molecule has 0 amide bonds. The van der Waals surface area contributed by atoms with Gasteiger partial charge in [0.15, 0.2) is 5.43 Å². The van der Waals surface area contributed by atoms with E-state index in [-0.39, 0.29) is 5.43 Å². The molecule has 1 aliphatic carbocycles. The molecule has 23 heavy (non-hydrogen) atoms. The minimum atomic E-state index is 0.0433. The summed E-state index contributed by atoms with van der Waals surface area (Å²) in [6.07, 6.45) is 0. The van der Waals surface area contributed by atoms with E-state index in [0.29, 0.717) is 0 Å². The summed E-state index contributed by atoms with van der Waals surface area (Å²) >= 11 is 1.65. The molecule has 0 atom stereocenters. The molecule has 5 heteroatoms. The van der Waals surface area contributed by atoms with Crippen molar-refractivity contribution in [3.63, 3.8) is 0 Å². The minimum absolute atomic E-state index is 0.0433. The zero-order chi connectivity index (χ0) is 15.8. The fourth-order valence-corrected chi connectivity index (χ4v) is 4.14. The first-order valence-electron chi connectivity index (χ1n) is 8.05. The Morgan fingerprint density at radius 3 is 2.70 bits per heavy atom. The third-order valence-corrected chi connectivity index (χ3v) is 5.61. The van der Waals surface area contributed by atoms with Crippen molar-refractivity contribution in [3.8, 4) is 10.6 Å². The number of nitrogens with zero attached hydrogens (tertiary/aromatic N) is 3. The smallest absolute Gasteiger partial charge is 0.180 e. The van der Waals surface area contributed by atoms with Crippen molar-refractivity contribution in [3.05, 3.63) is 46.6 Å². The van der Waals surface area contributed by atoms with Crippen molar-refractivity contribution < 1.29 is 0 Å².